The summed E-state index contributed by atoms with van der Waals surface area (Å²) in [6, 6.07) is 1.22. The van der Waals surface area contributed by atoms with Gasteiger partial charge in [-0.05, 0) is 18.8 Å². The second-order valence-electron chi connectivity index (χ2n) is 5.08. The van der Waals surface area contributed by atoms with E-state index in [0.717, 1.165) is 4.57 Å². The third-order valence-electron chi connectivity index (χ3n) is 3.24. The molecule has 0 aliphatic carbocycles. The molecule has 108 valence electrons. The van der Waals surface area contributed by atoms with Crippen LogP contribution in [0.4, 0.5) is 0 Å². The van der Waals surface area contributed by atoms with Crippen LogP contribution in [-0.4, -0.2) is 38.1 Å². The predicted octanol–water partition coefficient (Wildman–Crippen LogP) is -0.893. The van der Waals surface area contributed by atoms with E-state index in [1.165, 1.54) is 6.07 Å². The number of aliphatic hydroxyl groups is 3. The van der Waals surface area contributed by atoms with Gasteiger partial charge in [0, 0.05) is 31.4 Å². The summed E-state index contributed by atoms with van der Waals surface area (Å²) in [5.74, 6) is 0. The maximum atomic E-state index is 11.7. The molecule has 0 unspecified atom stereocenters. The number of nitrogens with zero attached hydrogens (tertiary/aromatic N) is 1. The number of hydrogen-bond acceptors (Lipinski definition) is 5. The summed E-state index contributed by atoms with van der Waals surface area (Å²) in [5, 5.41) is 28.4. The van der Waals surface area contributed by atoms with Crippen molar-refractivity contribution in [2.75, 3.05) is 13.2 Å². The summed E-state index contributed by atoms with van der Waals surface area (Å²) in [5.41, 5.74) is -1.57. The van der Waals surface area contributed by atoms with E-state index in [-0.39, 0.29) is 19.6 Å². The minimum absolute atomic E-state index is 0.0941. The minimum atomic E-state index is -1.17. The summed E-state index contributed by atoms with van der Waals surface area (Å²) in [7, 11) is 0. The molecular formula is C12H20N2O5. The Kier molecular flexibility index (Phi) is 5.04. The quantitative estimate of drug-likeness (QED) is 0.536. The molecule has 0 radical (unpaired) electrons. The Morgan fingerprint density at radius 3 is 2.53 bits per heavy atom. The molecule has 7 heteroatoms. The van der Waals surface area contributed by atoms with E-state index in [1.54, 1.807) is 13.8 Å². The number of H-pyrrole nitrogens is 1. The van der Waals surface area contributed by atoms with Crippen LogP contribution >= 0.6 is 0 Å². The second kappa shape index (κ2) is 6.14. The number of aryl methyl sites for hydroxylation is 1. The van der Waals surface area contributed by atoms with Gasteiger partial charge in [-0.25, -0.2) is 4.79 Å². The van der Waals surface area contributed by atoms with Crippen molar-refractivity contribution in [2.24, 2.45) is 5.41 Å². The van der Waals surface area contributed by atoms with E-state index in [2.05, 4.69) is 4.98 Å². The Morgan fingerprint density at radius 1 is 1.42 bits per heavy atom. The average Bonchev–Trinajstić information content (AvgIpc) is 2.27. The highest BCUT2D eigenvalue weighted by Crippen LogP contribution is 2.30. The van der Waals surface area contributed by atoms with Crippen LogP contribution in [0, 0.1) is 12.3 Å². The Bertz CT molecular complexity index is 536. The fourth-order valence-electron chi connectivity index (χ4n) is 2.04. The second-order valence-corrected chi connectivity index (χ2v) is 5.08. The lowest BCUT2D eigenvalue weighted by Crippen LogP contribution is -2.36. The summed E-state index contributed by atoms with van der Waals surface area (Å²) >= 11 is 0. The number of hydrogen-bond donors (Lipinski definition) is 4. The normalized spacial score (nSPS) is 16.1. The SMILES string of the molecule is Cc1cc(=O)[nH]c(=O)n1[C@H](O)C[C@](C)(CO)CCO. The van der Waals surface area contributed by atoms with Gasteiger partial charge in [-0.1, -0.05) is 6.92 Å². The van der Waals surface area contributed by atoms with Gasteiger partial charge in [-0.15, -0.1) is 0 Å². The van der Waals surface area contributed by atoms with E-state index >= 15 is 0 Å². The monoisotopic (exact) mass is 272 g/mol. The predicted molar refractivity (Wildman–Crippen MR) is 68.8 cm³/mol. The summed E-state index contributed by atoms with van der Waals surface area (Å²) in [6.45, 7) is 2.91. The van der Waals surface area contributed by atoms with Crippen molar-refractivity contribution >= 4 is 0 Å². The molecule has 2 atom stereocenters. The number of aliphatic hydroxyl groups excluding tert-OH is 3. The molecule has 0 saturated carbocycles. The van der Waals surface area contributed by atoms with Crippen molar-refractivity contribution in [3.8, 4) is 0 Å². The standard InChI is InChI=1S/C12H20N2O5/c1-8-5-9(17)13-11(19)14(8)10(18)6-12(2,7-16)3-4-15/h5,10,15-16,18H,3-4,6-7H2,1-2H3,(H,13,17,19)/t10-,12-/m1/s1. The van der Waals surface area contributed by atoms with Crippen molar-refractivity contribution in [1.29, 1.82) is 0 Å². The zero-order chi connectivity index (χ0) is 14.6. The highest BCUT2D eigenvalue weighted by atomic mass is 16.3. The van der Waals surface area contributed by atoms with Crippen LogP contribution in [-0.2, 0) is 0 Å². The molecule has 1 rings (SSSR count). The third kappa shape index (κ3) is 3.76. The van der Waals surface area contributed by atoms with Crippen LogP contribution in [0.1, 0.15) is 31.7 Å². The first kappa shape index (κ1) is 15.6. The first-order valence-corrected chi connectivity index (χ1v) is 6.05. The molecule has 19 heavy (non-hydrogen) atoms. The Hall–Kier alpha value is -1.44. The largest absolute Gasteiger partial charge is 0.396 e. The molecule has 0 aromatic carbocycles. The molecule has 1 aromatic heterocycles. The van der Waals surface area contributed by atoms with Gasteiger partial charge in [0.15, 0.2) is 0 Å². The third-order valence-corrected chi connectivity index (χ3v) is 3.24. The van der Waals surface area contributed by atoms with Crippen molar-refractivity contribution in [1.82, 2.24) is 9.55 Å². The first-order valence-electron chi connectivity index (χ1n) is 6.05. The van der Waals surface area contributed by atoms with Crippen LogP contribution in [0.5, 0.6) is 0 Å². The van der Waals surface area contributed by atoms with Gasteiger partial charge in [-0.2, -0.15) is 0 Å². The molecular weight excluding hydrogens is 252 g/mol. The molecule has 1 aromatic rings. The maximum Gasteiger partial charge on any atom is 0.330 e. The number of aromatic nitrogens is 2. The van der Waals surface area contributed by atoms with E-state index in [4.69, 9.17) is 5.11 Å². The fraction of sp³-hybridized carbons (Fsp3) is 0.667. The smallest absolute Gasteiger partial charge is 0.330 e. The highest BCUT2D eigenvalue weighted by molar-refractivity contribution is 4.99. The molecule has 4 N–H and O–H groups in total. The molecule has 7 nitrogen and oxygen atoms in total. The molecule has 0 bridgehead atoms. The fourth-order valence-corrected chi connectivity index (χ4v) is 2.04. The van der Waals surface area contributed by atoms with Crippen LogP contribution in [0.2, 0.25) is 0 Å². The number of aromatic amines is 1. The topological polar surface area (TPSA) is 116 Å². The van der Waals surface area contributed by atoms with Crippen LogP contribution in [0.15, 0.2) is 15.7 Å². The minimum Gasteiger partial charge on any atom is -0.396 e. The van der Waals surface area contributed by atoms with Crippen molar-refractivity contribution in [3.63, 3.8) is 0 Å². The van der Waals surface area contributed by atoms with Gasteiger partial charge in [0.25, 0.3) is 5.56 Å². The Morgan fingerprint density at radius 2 is 2.05 bits per heavy atom. The van der Waals surface area contributed by atoms with Gasteiger partial charge in [0.1, 0.15) is 6.23 Å². The lowest BCUT2D eigenvalue weighted by atomic mass is 9.83. The molecule has 0 saturated heterocycles. The summed E-state index contributed by atoms with van der Waals surface area (Å²) < 4.78 is 1.06. The van der Waals surface area contributed by atoms with Crippen LogP contribution < -0.4 is 11.2 Å². The maximum absolute atomic E-state index is 11.7. The van der Waals surface area contributed by atoms with Crippen molar-refractivity contribution in [2.45, 2.75) is 32.9 Å². The first-order chi connectivity index (χ1) is 8.83. The molecule has 0 aliphatic rings. The zero-order valence-corrected chi connectivity index (χ0v) is 11.1. The van der Waals surface area contributed by atoms with Gasteiger partial charge in [-0.3, -0.25) is 14.3 Å². The molecule has 1 heterocycles. The van der Waals surface area contributed by atoms with E-state index < -0.39 is 22.9 Å². The Balaban J connectivity index is 3.05. The lowest BCUT2D eigenvalue weighted by molar-refractivity contribution is 0.00568. The van der Waals surface area contributed by atoms with E-state index in [9.17, 15) is 19.8 Å². The molecule has 0 aliphatic heterocycles. The van der Waals surface area contributed by atoms with E-state index in [1.807, 2.05) is 0 Å². The van der Waals surface area contributed by atoms with Crippen LogP contribution in [0.25, 0.3) is 0 Å². The number of rotatable bonds is 6. The van der Waals surface area contributed by atoms with Crippen LogP contribution in [0.3, 0.4) is 0 Å². The Labute approximate surface area is 110 Å². The van der Waals surface area contributed by atoms with Gasteiger partial charge in [0.2, 0.25) is 0 Å². The average molecular weight is 272 g/mol. The van der Waals surface area contributed by atoms with Crippen molar-refractivity contribution in [3.05, 3.63) is 32.6 Å². The molecule has 0 fully saturated rings. The van der Waals surface area contributed by atoms with Gasteiger partial charge < -0.3 is 15.3 Å². The van der Waals surface area contributed by atoms with Gasteiger partial charge >= 0.3 is 5.69 Å². The van der Waals surface area contributed by atoms with Gasteiger partial charge in [0.05, 0.1) is 0 Å². The summed E-state index contributed by atoms with van der Waals surface area (Å²) in [4.78, 5) is 24.9. The molecule has 0 spiro atoms. The highest BCUT2D eigenvalue weighted by Gasteiger charge is 2.28. The van der Waals surface area contributed by atoms with Crippen molar-refractivity contribution < 1.29 is 15.3 Å². The van der Waals surface area contributed by atoms with E-state index in [0.29, 0.717) is 12.1 Å². The number of nitrogens with one attached hydrogen (secondary N) is 1. The summed E-state index contributed by atoms with van der Waals surface area (Å²) in [6.07, 6.45) is -0.776. The molecule has 0 amide bonds. The zero-order valence-electron chi connectivity index (χ0n) is 11.1. The lowest BCUT2D eigenvalue weighted by Gasteiger charge is -2.30.